The number of esters is 2. The molecule has 7 rings (SSSR count). The quantitative estimate of drug-likeness (QED) is 0.0257. The van der Waals surface area contributed by atoms with Crippen molar-refractivity contribution in [3.63, 3.8) is 0 Å². The molecule has 0 aliphatic carbocycles. The molecule has 5 saturated heterocycles. The first-order valence-electron chi connectivity index (χ1n) is 27.0. The Kier molecular flexibility index (Phi) is 24.3. The second kappa shape index (κ2) is 31.3. The maximum absolute atomic E-state index is 13.6. The van der Waals surface area contributed by atoms with Crippen LogP contribution in [0.5, 0.6) is 5.75 Å². The van der Waals surface area contributed by atoms with Crippen molar-refractivity contribution in [2.24, 2.45) is 5.92 Å². The number of benzene rings is 1. The van der Waals surface area contributed by atoms with Crippen LogP contribution in [-0.2, 0) is 92.3 Å². The molecule has 0 bridgehead atoms. The van der Waals surface area contributed by atoms with Gasteiger partial charge in [0.05, 0.1) is 70.9 Å². The molecule has 4 unspecified atom stereocenters. The van der Waals surface area contributed by atoms with Crippen molar-refractivity contribution in [2.75, 3.05) is 124 Å². The number of fused-ring (bicyclic) bond motifs is 3. The Morgan fingerprint density at radius 3 is 1.75 bits per heavy atom. The Hall–Kier alpha value is -5.94. The van der Waals surface area contributed by atoms with Gasteiger partial charge in [0, 0.05) is 76.2 Å². The zero-order valence-corrected chi connectivity index (χ0v) is 47.0. The molecule has 0 spiro atoms. The Bertz CT molecular complexity index is 2610. The Morgan fingerprint density at radius 1 is 0.675 bits per heavy atom. The van der Waals surface area contributed by atoms with Gasteiger partial charge in [0.25, 0.3) is 0 Å². The van der Waals surface area contributed by atoms with Gasteiger partial charge in [0.2, 0.25) is 35.4 Å². The molecule has 6 amide bonds. The maximum atomic E-state index is 13.6. The van der Waals surface area contributed by atoms with Crippen molar-refractivity contribution >= 4 is 75.2 Å². The monoisotopic (exact) mass is 1200 g/mol. The van der Waals surface area contributed by atoms with Crippen molar-refractivity contribution in [1.29, 1.82) is 0 Å². The van der Waals surface area contributed by atoms with Crippen LogP contribution in [0.2, 0.25) is 0 Å². The number of aromatic nitrogens is 1. The highest BCUT2D eigenvalue weighted by molar-refractivity contribution is 8.13. The van der Waals surface area contributed by atoms with Gasteiger partial charge in [-0.1, -0.05) is 11.8 Å². The predicted octanol–water partition coefficient (Wildman–Crippen LogP) is -3.94. The van der Waals surface area contributed by atoms with E-state index in [4.69, 9.17) is 52.1 Å². The third kappa shape index (κ3) is 17.6. The van der Waals surface area contributed by atoms with Gasteiger partial charge >= 0.3 is 11.9 Å². The van der Waals surface area contributed by atoms with E-state index in [9.17, 15) is 63.6 Å². The van der Waals surface area contributed by atoms with E-state index in [-0.39, 0.29) is 171 Å². The highest BCUT2D eigenvalue weighted by Gasteiger charge is 2.51. The van der Waals surface area contributed by atoms with E-state index in [0.717, 1.165) is 16.7 Å². The first kappa shape index (κ1) is 64.6. The SMILES string of the molecule is CC(=O)SCC1CC(=O)N(CCOc2ccc3c(c2)c(C(=O)OCCOCCOCC(=O)NCC2OC4OCCN(C(C)=O)[C@@H]4[C@@H](O)[C@H]2O)cn3CC(=O)OCCOCCOCC(=O)NC[C@H]2OC3OCCN(C(C)=O)[C@@H]3[C@@H](O)[C@H]2O)C1=O. The number of hydrogen-bond acceptors (Lipinski definition) is 25. The van der Waals surface area contributed by atoms with E-state index in [0.29, 0.717) is 10.9 Å². The second-order valence-corrected chi connectivity index (χ2v) is 21.0. The smallest absolute Gasteiger partial charge is 0.340 e. The number of nitrogens with zero attached hydrogens (tertiary/aromatic N) is 4. The van der Waals surface area contributed by atoms with E-state index in [1.165, 1.54) is 41.3 Å². The van der Waals surface area contributed by atoms with Crippen molar-refractivity contribution in [1.82, 2.24) is 29.9 Å². The highest BCUT2D eigenvalue weighted by Crippen LogP contribution is 2.32. The van der Waals surface area contributed by atoms with Crippen LogP contribution in [0.15, 0.2) is 24.4 Å². The fourth-order valence-electron chi connectivity index (χ4n) is 9.90. The zero-order chi connectivity index (χ0) is 59.7. The number of nitrogens with one attached hydrogen (secondary N) is 2. The number of aliphatic hydroxyl groups is 4. The van der Waals surface area contributed by atoms with Gasteiger partial charge in [-0.05, 0) is 18.2 Å². The van der Waals surface area contributed by atoms with Gasteiger partial charge in [0.1, 0.15) is 94.0 Å². The standard InChI is InChI=1S/C52H72N6O24S/c1-29(59)56-6-10-79-51-43(56)47(68)45(66)37(81-51)22-53-39(62)26-74-14-12-72-16-18-77-42(65)25-55-24-35(34-21-33(4-5-36(34)55)76-9-8-58-41(64)20-32(49(58)70)28-83-31(3)61)50(71)78-19-17-73-13-15-75-27-40(63)54-23-38-46(67)48(69)44-52(82-38)80-11-7-57(44)30(2)60/h4-5,21,24,32,37-38,43-48,51-52,66-69H,6-20,22-23,25-28H2,1-3H3,(H,53,62)(H,54,63)/t32?,37-,38?,43-,44-,45+,46+,47-,48-,51?,52?/m1/s1. The van der Waals surface area contributed by atoms with Crippen molar-refractivity contribution in [3.05, 3.63) is 30.0 Å². The summed E-state index contributed by atoms with van der Waals surface area (Å²) in [6, 6.07) is 2.94. The van der Waals surface area contributed by atoms with E-state index >= 15 is 0 Å². The van der Waals surface area contributed by atoms with Gasteiger partial charge in [-0.15, -0.1) is 0 Å². The third-order valence-electron chi connectivity index (χ3n) is 14.0. The van der Waals surface area contributed by atoms with E-state index in [1.54, 1.807) is 18.2 Å². The van der Waals surface area contributed by atoms with Crippen LogP contribution in [-0.4, -0.2) is 278 Å². The molecular formula is C52H72N6O24S. The minimum atomic E-state index is -1.41. The van der Waals surface area contributed by atoms with E-state index in [2.05, 4.69) is 10.6 Å². The number of amides is 6. The van der Waals surface area contributed by atoms with Crippen molar-refractivity contribution in [3.8, 4) is 5.75 Å². The lowest BCUT2D eigenvalue weighted by atomic mass is 9.94. The number of likely N-dealkylation sites (tertiary alicyclic amines) is 1. The fourth-order valence-corrected chi connectivity index (χ4v) is 10.6. The molecule has 30 nitrogen and oxygen atoms in total. The van der Waals surface area contributed by atoms with Crippen LogP contribution in [0, 0.1) is 5.92 Å². The van der Waals surface area contributed by atoms with E-state index in [1.807, 2.05) is 0 Å². The number of carbonyl (C=O) groups excluding carboxylic acids is 9. The summed E-state index contributed by atoms with van der Waals surface area (Å²) in [5.41, 5.74) is 0.478. The van der Waals surface area contributed by atoms with Crippen molar-refractivity contribution < 1.29 is 116 Å². The lowest BCUT2D eigenvalue weighted by molar-refractivity contribution is -0.296. The average Bonchev–Trinajstić information content (AvgIpc) is 4.13. The molecule has 31 heteroatoms. The van der Waals surface area contributed by atoms with Gasteiger partial charge in [-0.2, -0.15) is 0 Å². The first-order valence-corrected chi connectivity index (χ1v) is 28.0. The van der Waals surface area contributed by atoms with E-state index < -0.39 is 96.9 Å². The first-order chi connectivity index (χ1) is 39.8. The van der Waals surface area contributed by atoms with Crippen LogP contribution >= 0.6 is 11.8 Å². The Balaban J connectivity index is 0.817. The Labute approximate surface area is 480 Å². The molecule has 11 atom stereocenters. The largest absolute Gasteiger partial charge is 0.492 e. The molecule has 2 aromatic rings. The average molecular weight is 1200 g/mol. The summed E-state index contributed by atoms with van der Waals surface area (Å²) in [6.45, 7) is 2.93. The molecule has 460 valence electrons. The number of rotatable bonds is 29. The number of hydrogen-bond donors (Lipinski definition) is 6. The number of imide groups is 1. The van der Waals surface area contributed by atoms with Gasteiger partial charge < -0.3 is 97.5 Å². The fraction of sp³-hybridized carbons (Fsp3) is 0.673. The summed E-state index contributed by atoms with van der Waals surface area (Å²) in [4.78, 5) is 116. The lowest BCUT2D eigenvalue weighted by Gasteiger charge is -2.49. The van der Waals surface area contributed by atoms with Gasteiger partial charge in [-0.25, -0.2) is 4.79 Å². The molecular weight excluding hydrogens is 1120 g/mol. The molecule has 6 heterocycles. The van der Waals surface area contributed by atoms with Crippen molar-refractivity contribution in [2.45, 2.75) is 95.0 Å². The minimum Gasteiger partial charge on any atom is -0.492 e. The zero-order valence-electron chi connectivity index (χ0n) is 46.2. The maximum Gasteiger partial charge on any atom is 0.340 e. The van der Waals surface area contributed by atoms with Crippen LogP contribution in [0.25, 0.3) is 10.9 Å². The number of carbonyl (C=O) groups is 9. The minimum absolute atomic E-state index is 0.000890. The number of morpholine rings is 2. The second-order valence-electron chi connectivity index (χ2n) is 19.8. The summed E-state index contributed by atoms with van der Waals surface area (Å²) in [7, 11) is 0. The van der Waals surface area contributed by atoms with Crippen LogP contribution < -0.4 is 15.4 Å². The summed E-state index contributed by atoms with van der Waals surface area (Å²) in [5, 5.41) is 48.0. The normalized spacial score (nSPS) is 26.1. The summed E-state index contributed by atoms with van der Waals surface area (Å²) in [6.07, 6.45) is -8.15. The third-order valence-corrected chi connectivity index (χ3v) is 15.0. The summed E-state index contributed by atoms with van der Waals surface area (Å²) >= 11 is 0.975. The van der Waals surface area contributed by atoms with Crippen LogP contribution in [0.1, 0.15) is 37.6 Å². The van der Waals surface area contributed by atoms with Gasteiger partial charge in [0.15, 0.2) is 17.7 Å². The molecule has 5 aliphatic heterocycles. The molecule has 5 fully saturated rings. The highest BCUT2D eigenvalue weighted by atomic mass is 32.2. The number of aliphatic hydroxyl groups excluding tert-OH is 4. The summed E-state index contributed by atoms with van der Waals surface area (Å²) < 4.78 is 62.6. The number of thioether (sulfide) groups is 1. The topological polar surface area (TPSA) is 375 Å². The molecule has 6 N–H and O–H groups in total. The predicted molar refractivity (Wildman–Crippen MR) is 282 cm³/mol. The van der Waals surface area contributed by atoms with Crippen LogP contribution in [0.3, 0.4) is 0 Å². The molecule has 83 heavy (non-hydrogen) atoms. The molecule has 0 saturated carbocycles. The molecule has 1 aromatic heterocycles. The Morgan fingerprint density at radius 2 is 1.20 bits per heavy atom. The summed E-state index contributed by atoms with van der Waals surface area (Å²) in [5.74, 6) is -4.07. The molecule has 5 aliphatic rings. The number of ether oxygens (including phenoxy) is 11. The lowest BCUT2D eigenvalue weighted by Crippen LogP contribution is -2.68. The molecule has 1 aromatic carbocycles. The van der Waals surface area contributed by atoms with Gasteiger partial charge in [-0.3, -0.25) is 43.3 Å². The molecule has 0 radical (unpaired) electrons. The van der Waals surface area contributed by atoms with Crippen LogP contribution in [0.4, 0.5) is 0 Å².